The first-order chi connectivity index (χ1) is 14.0. The van der Waals surface area contributed by atoms with Gasteiger partial charge in [-0.25, -0.2) is 8.42 Å². The maximum atomic E-state index is 13.4. The van der Waals surface area contributed by atoms with Crippen molar-refractivity contribution < 1.29 is 13.2 Å². The highest BCUT2D eigenvalue weighted by molar-refractivity contribution is 7.89. The van der Waals surface area contributed by atoms with Crippen molar-refractivity contribution in [1.82, 2.24) is 4.31 Å². The number of nitrogens with zero attached hydrogens (tertiary/aromatic N) is 2. The fourth-order valence-corrected chi connectivity index (χ4v) is 5.92. The molecule has 2 heterocycles. The molecule has 1 amide bonds. The molecule has 0 unspecified atom stereocenters. The van der Waals surface area contributed by atoms with Crippen molar-refractivity contribution in [3.63, 3.8) is 0 Å². The number of carbonyl (C=O) groups excluding carboxylic acids is 1. The van der Waals surface area contributed by atoms with Crippen molar-refractivity contribution in [1.29, 1.82) is 0 Å². The Kier molecular flexibility index (Phi) is 4.11. The summed E-state index contributed by atoms with van der Waals surface area (Å²) >= 11 is 0. The summed E-state index contributed by atoms with van der Waals surface area (Å²) in [7, 11) is -3.66. The lowest BCUT2D eigenvalue weighted by Crippen LogP contribution is -2.48. The van der Waals surface area contributed by atoms with Gasteiger partial charge in [-0.3, -0.25) is 4.79 Å². The first-order valence-electron chi connectivity index (χ1n) is 9.64. The van der Waals surface area contributed by atoms with E-state index in [0.29, 0.717) is 48.2 Å². The third kappa shape index (κ3) is 2.81. The summed E-state index contributed by atoms with van der Waals surface area (Å²) in [6.45, 7) is 4.21. The van der Waals surface area contributed by atoms with Gasteiger partial charge in [-0.15, -0.1) is 0 Å². The molecule has 0 bridgehead atoms. The van der Waals surface area contributed by atoms with E-state index in [2.05, 4.69) is 29.3 Å². The van der Waals surface area contributed by atoms with Crippen LogP contribution in [0.4, 0.5) is 11.4 Å². The topological polar surface area (TPSA) is 69.7 Å². The van der Waals surface area contributed by atoms with E-state index in [1.807, 2.05) is 12.1 Å². The van der Waals surface area contributed by atoms with E-state index < -0.39 is 10.0 Å². The van der Waals surface area contributed by atoms with E-state index in [-0.39, 0.29) is 10.8 Å². The van der Waals surface area contributed by atoms with Crippen LogP contribution in [0.25, 0.3) is 10.8 Å². The number of para-hydroxylation sites is 1. The Bertz CT molecular complexity index is 1250. The molecule has 6 nitrogen and oxygen atoms in total. The van der Waals surface area contributed by atoms with Crippen molar-refractivity contribution in [2.24, 2.45) is 0 Å². The Morgan fingerprint density at radius 1 is 0.897 bits per heavy atom. The molecule has 7 heteroatoms. The number of amides is 1. The molecule has 2 aliphatic rings. The van der Waals surface area contributed by atoms with Crippen molar-refractivity contribution >= 4 is 38.1 Å². The van der Waals surface area contributed by atoms with Crippen LogP contribution in [0.15, 0.2) is 59.5 Å². The van der Waals surface area contributed by atoms with Crippen LogP contribution < -0.4 is 10.2 Å². The summed E-state index contributed by atoms with van der Waals surface area (Å²) in [4.78, 5) is 14.6. The predicted molar refractivity (Wildman–Crippen MR) is 114 cm³/mol. The van der Waals surface area contributed by atoms with Crippen molar-refractivity contribution in [2.45, 2.75) is 11.8 Å². The standard InChI is InChI=1S/C22H21N3O3S/c1-15-5-2-3-8-19(15)24-11-13-25(14-12-24)29(27,28)20-10-9-18-21-16(20)6-4-7-17(21)22(26)23-18/h2-10H,11-14H2,1H3,(H,23,26). The number of anilines is 2. The Hall–Kier alpha value is -2.90. The Balaban J connectivity index is 1.47. The minimum Gasteiger partial charge on any atom is -0.369 e. The van der Waals surface area contributed by atoms with Gasteiger partial charge in [-0.05, 0) is 36.8 Å². The third-order valence-electron chi connectivity index (χ3n) is 5.81. The van der Waals surface area contributed by atoms with Crippen LogP contribution in [0.3, 0.4) is 0 Å². The second-order valence-electron chi connectivity index (χ2n) is 7.47. The van der Waals surface area contributed by atoms with Crippen molar-refractivity contribution in [3.8, 4) is 0 Å². The van der Waals surface area contributed by atoms with Gasteiger partial charge in [0, 0.05) is 53.9 Å². The number of sulfonamides is 1. The fourth-order valence-electron chi connectivity index (χ4n) is 4.31. The van der Waals surface area contributed by atoms with Crippen LogP contribution in [-0.2, 0) is 10.0 Å². The third-order valence-corrected chi connectivity index (χ3v) is 7.76. The van der Waals surface area contributed by atoms with Gasteiger partial charge in [-0.2, -0.15) is 4.31 Å². The molecule has 0 spiro atoms. The van der Waals surface area contributed by atoms with E-state index in [1.54, 1.807) is 34.6 Å². The second kappa shape index (κ2) is 6.57. The highest BCUT2D eigenvalue weighted by Gasteiger charge is 2.32. The number of hydrogen-bond acceptors (Lipinski definition) is 4. The van der Waals surface area contributed by atoms with Gasteiger partial charge in [0.05, 0.1) is 4.90 Å². The number of nitrogens with one attached hydrogen (secondary N) is 1. The largest absolute Gasteiger partial charge is 0.369 e. The van der Waals surface area contributed by atoms with Crippen LogP contribution >= 0.6 is 0 Å². The Labute approximate surface area is 169 Å². The number of carbonyl (C=O) groups is 1. The molecule has 2 aliphatic heterocycles. The quantitative estimate of drug-likeness (QED) is 0.724. The van der Waals surface area contributed by atoms with Gasteiger partial charge in [0.15, 0.2) is 0 Å². The second-order valence-corrected chi connectivity index (χ2v) is 9.38. The van der Waals surface area contributed by atoms with Crippen LogP contribution in [0, 0.1) is 6.92 Å². The molecule has 0 atom stereocenters. The summed E-state index contributed by atoms with van der Waals surface area (Å²) in [5.41, 5.74) is 3.54. The lowest BCUT2D eigenvalue weighted by molar-refractivity contribution is 0.103. The van der Waals surface area contributed by atoms with E-state index in [0.717, 1.165) is 5.69 Å². The molecular weight excluding hydrogens is 386 g/mol. The number of benzene rings is 3. The Morgan fingerprint density at radius 3 is 2.41 bits per heavy atom. The minimum absolute atomic E-state index is 0.188. The van der Waals surface area contributed by atoms with Crippen molar-refractivity contribution in [2.75, 3.05) is 36.4 Å². The average Bonchev–Trinajstić information content (AvgIpc) is 3.06. The predicted octanol–water partition coefficient (Wildman–Crippen LogP) is 3.22. The van der Waals surface area contributed by atoms with Gasteiger partial charge in [-0.1, -0.05) is 30.3 Å². The van der Waals surface area contributed by atoms with E-state index in [4.69, 9.17) is 0 Å². The lowest BCUT2D eigenvalue weighted by Gasteiger charge is -2.36. The van der Waals surface area contributed by atoms with E-state index >= 15 is 0 Å². The number of hydrogen-bond donors (Lipinski definition) is 1. The zero-order valence-electron chi connectivity index (χ0n) is 16.1. The summed E-state index contributed by atoms with van der Waals surface area (Å²) in [6.07, 6.45) is 0. The normalized spacial score (nSPS) is 17.0. The van der Waals surface area contributed by atoms with Gasteiger partial charge in [0.1, 0.15) is 0 Å². The summed E-state index contributed by atoms with van der Waals surface area (Å²) in [5.74, 6) is -0.188. The molecule has 1 N–H and O–H groups in total. The highest BCUT2D eigenvalue weighted by Crippen LogP contribution is 2.37. The first kappa shape index (κ1) is 18.1. The molecule has 148 valence electrons. The van der Waals surface area contributed by atoms with Gasteiger partial charge in [0.2, 0.25) is 10.0 Å². The molecule has 29 heavy (non-hydrogen) atoms. The zero-order chi connectivity index (χ0) is 20.2. The minimum atomic E-state index is -3.66. The van der Waals surface area contributed by atoms with Gasteiger partial charge >= 0.3 is 0 Å². The summed E-state index contributed by atoms with van der Waals surface area (Å²) < 4.78 is 28.4. The maximum absolute atomic E-state index is 13.4. The molecule has 1 saturated heterocycles. The average molecular weight is 407 g/mol. The van der Waals surface area contributed by atoms with Crippen molar-refractivity contribution in [3.05, 3.63) is 65.7 Å². The SMILES string of the molecule is Cc1ccccc1N1CCN(S(=O)(=O)c2ccc3c4c(cccc24)C(=O)N3)CC1. The van der Waals surface area contributed by atoms with Crippen LogP contribution in [-0.4, -0.2) is 44.8 Å². The fraction of sp³-hybridized carbons (Fsp3) is 0.227. The molecule has 0 aliphatic carbocycles. The van der Waals surface area contributed by atoms with Crippen LogP contribution in [0.5, 0.6) is 0 Å². The molecule has 3 aromatic carbocycles. The molecule has 3 aromatic rings. The highest BCUT2D eigenvalue weighted by atomic mass is 32.2. The molecule has 1 fully saturated rings. The molecule has 5 rings (SSSR count). The Morgan fingerprint density at radius 2 is 1.66 bits per heavy atom. The monoisotopic (exact) mass is 407 g/mol. The zero-order valence-corrected chi connectivity index (χ0v) is 16.9. The smallest absolute Gasteiger partial charge is 0.256 e. The maximum Gasteiger partial charge on any atom is 0.256 e. The number of rotatable bonds is 3. The van der Waals surface area contributed by atoms with Crippen LogP contribution in [0.1, 0.15) is 15.9 Å². The molecule has 0 aromatic heterocycles. The first-order valence-corrected chi connectivity index (χ1v) is 11.1. The number of aryl methyl sites for hydroxylation is 1. The summed E-state index contributed by atoms with van der Waals surface area (Å²) in [5, 5.41) is 4.09. The van der Waals surface area contributed by atoms with E-state index in [1.165, 1.54) is 5.56 Å². The van der Waals surface area contributed by atoms with Gasteiger partial charge in [0.25, 0.3) is 5.91 Å². The summed E-state index contributed by atoms with van der Waals surface area (Å²) in [6, 6.07) is 16.7. The van der Waals surface area contributed by atoms with E-state index in [9.17, 15) is 13.2 Å². The van der Waals surface area contributed by atoms with Gasteiger partial charge < -0.3 is 10.2 Å². The number of piperazine rings is 1. The molecule has 0 radical (unpaired) electrons. The van der Waals surface area contributed by atoms with Crippen LogP contribution in [0.2, 0.25) is 0 Å². The molecule has 0 saturated carbocycles. The lowest BCUT2D eigenvalue weighted by atomic mass is 10.1. The molecular formula is C22H21N3O3S.